The highest BCUT2D eigenvalue weighted by Crippen LogP contribution is 2.45. The van der Waals surface area contributed by atoms with Gasteiger partial charge in [-0.2, -0.15) is 4.31 Å². The van der Waals surface area contributed by atoms with Gasteiger partial charge >= 0.3 is 0 Å². The molecule has 4 aliphatic carbocycles. The van der Waals surface area contributed by atoms with Gasteiger partial charge in [0, 0.05) is 29.6 Å². The van der Waals surface area contributed by atoms with Crippen molar-refractivity contribution in [3.8, 4) is 0 Å². The van der Waals surface area contributed by atoms with Gasteiger partial charge < -0.3 is 5.32 Å². The Hall–Kier alpha value is -1.84. The first-order chi connectivity index (χ1) is 15.2. The van der Waals surface area contributed by atoms with Gasteiger partial charge in [-0.15, -0.1) is 0 Å². The van der Waals surface area contributed by atoms with Crippen molar-refractivity contribution in [2.45, 2.75) is 69.1 Å². The number of rotatable bonds is 8. The number of sulfonamides is 2. The molecule has 3 fully saturated rings. The molecule has 5 aliphatic rings. The zero-order valence-corrected chi connectivity index (χ0v) is 19.8. The van der Waals surface area contributed by atoms with E-state index in [0.29, 0.717) is 31.7 Å². The minimum atomic E-state index is -3.81. The Balaban J connectivity index is 1.27. The highest BCUT2D eigenvalue weighted by atomic mass is 32.2. The Kier molecular flexibility index (Phi) is 5.62. The van der Waals surface area contributed by atoms with Crippen molar-refractivity contribution in [3.05, 3.63) is 58.5 Å². The zero-order chi connectivity index (χ0) is 22.5. The molecule has 2 N–H and O–H groups in total. The second-order valence-corrected chi connectivity index (χ2v) is 13.1. The minimum absolute atomic E-state index is 0.214. The van der Waals surface area contributed by atoms with Crippen LogP contribution in [0.4, 0.5) is 0 Å². The summed E-state index contributed by atoms with van der Waals surface area (Å²) < 4.78 is 54.6. The maximum atomic E-state index is 12.7. The maximum Gasteiger partial charge on any atom is 0.255 e. The van der Waals surface area contributed by atoms with Crippen LogP contribution in [-0.2, 0) is 20.0 Å². The molecule has 0 radical (unpaired) electrons. The highest BCUT2D eigenvalue weighted by molar-refractivity contribution is 7.92. The fourth-order valence-electron chi connectivity index (χ4n) is 5.39. The molecule has 0 aromatic heterocycles. The monoisotopic (exact) mass is 477 g/mol. The van der Waals surface area contributed by atoms with Crippen molar-refractivity contribution < 1.29 is 16.8 Å². The molecule has 0 spiro atoms. The van der Waals surface area contributed by atoms with Crippen LogP contribution in [0.3, 0.4) is 0 Å². The number of hydrogen-bond donors (Lipinski definition) is 2. The van der Waals surface area contributed by atoms with Crippen molar-refractivity contribution in [2.24, 2.45) is 5.92 Å². The van der Waals surface area contributed by atoms with Gasteiger partial charge in [-0.25, -0.2) is 16.8 Å². The summed E-state index contributed by atoms with van der Waals surface area (Å²) in [4.78, 5) is 0. The van der Waals surface area contributed by atoms with Gasteiger partial charge in [0.1, 0.15) is 5.82 Å². The molecule has 1 unspecified atom stereocenters. The number of allylic oxidation sites excluding steroid dienone is 5. The van der Waals surface area contributed by atoms with Crippen LogP contribution >= 0.6 is 0 Å². The van der Waals surface area contributed by atoms with Crippen LogP contribution in [0.2, 0.25) is 0 Å². The van der Waals surface area contributed by atoms with Crippen molar-refractivity contribution in [3.63, 3.8) is 0 Å². The molecular weight excluding hydrogens is 446 g/mol. The van der Waals surface area contributed by atoms with Crippen LogP contribution in [0.25, 0.3) is 0 Å². The highest BCUT2D eigenvalue weighted by Gasteiger charge is 2.43. The Morgan fingerprint density at radius 2 is 1.91 bits per heavy atom. The molecule has 174 valence electrons. The summed E-state index contributed by atoms with van der Waals surface area (Å²) in [7, 11) is -7.13. The van der Waals surface area contributed by atoms with Gasteiger partial charge in [0.15, 0.2) is 0 Å². The fourth-order valence-corrected chi connectivity index (χ4v) is 8.30. The van der Waals surface area contributed by atoms with E-state index >= 15 is 0 Å². The van der Waals surface area contributed by atoms with Crippen molar-refractivity contribution in [1.82, 2.24) is 14.3 Å². The number of nitrogens with zero attached hydrogens (tertiary/aromatic N) is 1. The Bertz CT molecular complexity index is 1160. The summed E-state index contributed by atoms with van der Waals surface area (Å²) in [6.07, 6.45) is 14.2. The van der Waals surface area contributed by atoms with E-state index in [4.69, 9.17) is 0 Å². The van der Waals surface area contributed by atoms with E-state index in [1.54, 1.807) is 0 Å². The molecule has 0 aromatic carbocycles. The van der Waals surface area contributed by atoms with Gasteiger partial charge in [-0.3, -0.25) is 4.72 Å². The van der Waals surface area contributed by atoms with Gasteiger partial charge in [0.25, 0.3) is 10.0 Å². The number of nitrogens with one attached hydrogen (secondary N) is 2. The maximum absolute atomic E-state index is 12.7. The van der Waals surface area contributed by atoms with Crippen LogP contribution in [0.5, 0.6) is 0 Å². The molecule has 1 aliphatic heterocycles. The van der Waals surface area contributed by atoms with Crippen molar-refractivity contribution >= 4 is 20.0 Å². The molecule has 2 saturated carbocycles. The Morgan fingerprint density at radius 3 is 2.69 bits per heavy atom. The van der Waals surface area contributed by atoms with E-state index in [1.165, 1.54) is 27.1 Å². The van der Waals surface area contributed by atoms with E-state index in [9.17, 15) is 16.8 Å². The van der Waals surface area contributed by atoms with Gasteiger partial charge in [-0.05, 0) is 74.5 Å². The van der Waals surface area contributed by atoms with E-state index in [-0.39, 0.29) is 11.1 Å². The van der Waals surface area contributed by atoms with E-state index in [1.807, 2.05) is 0 Å². The molecule has 1 saturated heterocycles. The van der Waals surface area contributed by atoms with Gasteiger partial charge in [-0.1, -0.05) is 24.8 Å². The van der Waals surface area contributed by atoms with Crippen LogP contribution in [0.1, 0.15) is 57.8 Å². The lowest BCUT2D eigenvalue weighted by Gasteiger charge is -2.26. The molecule has 0 aromatic rings. The lowest BCUT2D eigenvalue weighted by atomic mass is 9.86. The second-order valence-electron chi connectivity index (χ2n) is 9.39. The lowest BCUT2D eigenvalue weighted by molar-refractivity contribution is 0.431. The summed E-state index contributed by atoms with van der Waals surface area (Å²) in [6, 6.07) is -0.405. The van der Waals surface area contributed by atoms with Crippen LogP contribution in [0.15, 0.2) is 58.5 Å². The summed E-state index contributed by atoms with van der Waals surface area (Å²) in [5.74, 6) is 0.617. The first-order valence-corrected chi connectivity index (χ1v) is 14.6. The van der Waals surface area contributed by atoms with Crippen molar-refractivity contribution in [1.29, 1.82) is 0 Å². The molecule has 1 heterocycles. The van der Waals surface area contributed by atoms with E-state index < -0.39 is 26.1 Å². The quantitative estimate of drug-likeness (QED) is 0.560. The summed E-state index contributed by atoms with van der Waals surface area (Å²) in [6.45, 7) is 4.36. The average Bonchev–Trinajstić information content (AvgIpc) is 3.13. The normalized spacial score (nSPS) is 28.5. The summed E-state index contributed by atoms with van der Waals surface area (Å²) >= 11 is 0. The molecule has 32 heavy (non-hydrogen) atoms. The van der Waals surface area contributed by atoms with Gasteiger partial charge in [0.2, 0.25) is 10.0 Å². The average molecular weight is 478 g/mol. The molecule has 0 amide bonds. The predicted octanol–water partition coefficient (Wildman–Crippen LogP) is 3.15. The first-order valence-electron chi connectivity index (χ1n) is 11.6. The SMILES string of the molecule is C=C(NC1=C2CCCC2=CC2CCC=C12)NS(=O)(=O)/C=C/[C@@H]1CCCN1S(=O)(=O)C1CC1. The molecule has 5 rings (SSSR count). The number of fused-ring (bicyclic) bond motifs is 2. The van der Waals surface area contributed by atoms with Crippen molar-refractivity contribution in [2.75, 3.05) is 6.54 Å². The predicted molar refractivity (Wildman–Crippen MR) is 125 cm³/mol. The number of hydrogen-bond acceptors (Lipinski definition) is 5. The lowest BCUT2D eigenvalue weighted by Crippen LogP contribution is -2.37. The summed E-state index contributed by atoms with van der Waals surface area (Å²) in [5, 5.41) is 4.04. The van der Waals surface area contributed by atoms with Crippen LogP contribution in [0, 0.1) is 5.92 Å². The smallest absolute Gasteiger partial charge is 0.255 e. The standard InChI is InChI=1S/C23H31N3O4S2/c1-16(24-23-21-8-2-5-17(21)15-18-6-3-9-22(18)23)25-31(27,28)14-12-19-7-4-13-26(19)32(29,30)20-10-11-20/h8,12,14-15,17,19-20,24-25H,1-7,9-11,13H2/b14-12+/t17?,19-/m0/s1. The topological polar surface area (TPSA) is 95.6 Å². The molecule has 7 nitrogen and oxygen atoms in total. The largest absolute Gasteiger partial charge is 0.341 e. The van der Waals surface area contributed by atoms with E-state index in [0.717, 1.165) is 49.6 Å². The van der Waals surface area contributed by atoms with Gasteiger partial charge in [0.05, 0.1) is 5.25 Å². The Labute approximate surface area is 191 Å². The molecule has 0 bridgehead atoms. The summed E-state index contributed by atoms with van der Waals surface area (Å²) in [5.41, 5.74) is 4.91. The Morgan fingerprint density at radius 1 is 1.09 bits per heavy atom. The zero-order valence-electron chi connectivity index (χ0n) is 18.2. The van der Waals surface area contributed by atoms with E-state index in [2.05, 4.69) is 28.8 Å². The molecule has 2 atom stereocenters. The first kappa shape index (κ1) is 22.0. The molecule has 9 heteroatoms. The third-order valence-corrected chi connectivity index (χ3v) is 10.5. The van der Waals surface area contributed by atoms with Crippen LogP contribution < -0.4 is 10.0 Å². The second kappa shape index (κ2) is 8.18. The minimum Gasteiger partial charge on any atom is -0.341 e. The van der Waals surface area contributed by atoms with Crippen LogP contribution in [-0.4, -0.2) is 39.0 Å². The third kappa shape index (κ3) is 4.22. The fraction of sp³-hybridized carbons (Fsp3) is 0.565. The molecular formula is C23H31N3O4S2. The third-order valence-electron chi connectivity index (χ3n) is 7.04.